The molecule has 47 heavy (non-hydrogen) atoms. The number of hydrogen-bond donors (Lipinski definition) is 2. The molecule has 0 bridgehead atoms. The number of terminal acetylenes is 1. The van der Waals surface area contributed by atoms with Crippen LogP contribution in [0.1, 0.15) is 105 Å². The van der Waals surface area contributed by atoms with Gasteiger partial charge in [-0.1, -0.05) is 69.2 Å². The van der Waals surface area contributed by atoms with Crippen LogP contribution in [0.25, 0.3) is 0 Å². The summed E-state index contributed by atoms with van der Waals surface area (Å²) in [5, 5.41) is 5.68. The second-order valence-electron chi connectivity index (χ2n) is 14.3. The van der Waals surface area contributed by atoms with Crippen LogP contribution in [0.5, 0.6) is 0 Å². The highest BCUT2D eigenvalue weighted by atomic mass is 16.6. The molecule has 2 aromatic rings. The molecule has 2 aromatic carbocycles. The zero-order valence-electron chi connectivity index (χ0n) is 29.7. The van der Waals surface area contributed by atoms with Gasteiger partial charge in [-0.15, -0.1) is 6.42 Å². The van der Waals surface area contributed by atoms with Gasteiger partial charge in [0.15, 0.2) is 0 Å². The Hall–Kier alpha value is -4.32. The van der Waals surface area contributed by atoms with E-state index in [1.165, 1.54) is 4.90 Å². The van der Waals surface area contributed by atoms with Crippen LogP contribution in [0.4, 0.5) is 4.79 Å². The van der Waals surface area contributed by atoms with Crippen molar-refractivity contribution in [1.82, 2.24) is 15.5 Å². The summed E-state index contributed by atoms with van der Waals surface area (Å²) in [6.45, 7) is 18.2. The van der Waals surface area contributed by atoms with Crippen LogP contribution in [0.3, 0.4) is 0 Å². The van der Waals surface area contributed by atoms with Crippen molar-refractivity contribution in [2.45, 2.75) is 124 Å². The lowest BCUT2D eigenvalue weighted by Gasteiger charge is -2.39. The molecule has 0 spiro atoms. The van der Waals surface area contributed by atoms with E-state index in [9.17, 15) is 19.2 Å². The molecule has 0 radical (unpaired) electrons. The highest BCUT2D eigenvalue weighted by Gasteiger charge is 2.40. The number of nitrogens with one attached hydrogen (secondary N) is 2. The normalized spacial score (nSPS) is 14.2. The van der Waals surface area contributed by atoms with E-state index >= 15 is 0 Å². The molecule has 9 nitrogen and oxygen atoms in total. The topological polar surface area (TPSA) is 114 Å². The predicted molar refractivity (Wildman–Crippen MR) is 184 cm³/mol. The van der Waals surface area contributed by atoms with Crippen molar-refractivity contribution in [3.05, 3.63) is 71.3 Å². The minimum Gasteiger partial charge on any atom is -0.458 e. The Balaban J connectivity index is 2.66. The molecule has 9 heteroatoms. The van der Waals surface area contributed by atoms with Gasteiger partial charge in [0, 0.05) is 18.0 Å². The summed E-state index contributed by atoms with van der Waals surface area (Å²) in [5.41, 5.74) is 0.361. The van der Waals surface area contributed by atoms with Gasteiger partial charge in [-0.05, 0) is 90.5 Å². The summed E-state index contributed by atoms with van der Waals surface area (Å²) in [4.78, 5) is 57.0. The maximum Gasteiger partial charge on any atom is 0.408 e. The Morgan fingerprint density at radius 2 is 1.40 bits per heavy atom. The zero-order chi connectivity index (χ0) is 35.5. The lowest BCUT2D eigenvalue weighted by atomic mass is 9.96. The zero-order valence-corrected chi connectivity index (χ0v) is 29.7. The Bertz CT molecular complexity index is 1380. The van der Waals surface area contributed by atoms with Crippen molar-refractivity contribution in [3.8, 4) is 12.3 Å². The Morgan fingerprint density at radius 1 is 0.830 bits per heavy atom. The summed E-state index contributed by atoms with van der Waals surface area (Å²) in [6.07, 6.45) is 5.89. The first-order valence-electron chi connectivity index (χ1n) is 16.3. The van der Waals surface area contributed by atoms with E-state index < -0.39 is 59.2 Å². The van der Waals surface area contributed by atoms with E-state index in [4.69, 9.17) is 15.9 Å². The number of carbonyl (C=O) groups is 4. The van der Waals surface area contributed by atoms with E-state index in [0.717, 1.165) is 5.56 Å². The van der Waals surface area contributed by atoms with Gasteiger partial charge in [-0.2, -0.15) is 0 Å². The van der Waals surface area contributed by atoms with Crippen LogP contribution in [0.15, 0.2) is 54.6 Å². The number of esters is 1. The average Bonchev–Trinajstić information content (AvgIpc) is 2.97. The SMILES string of the molecule is C#Cc1ccc(C(C(=O)NC(Cc2ccccc2)C(=O)OC(C)(C)C)N(C(=O)C(CC(C)C)NC(=O)OC(C)(C)C)C(C)CC)cc1. The summed E-state index contributed by atoms with van der Waals surface area (Å²) in [7, 11) is 0. The number of alkyl carbamates (subject to hydrolysis) is 1. The minimum absolute atomic E-state index is 0.0299. The molecule has 4 atom stereocenters. The highest BCUT2D eigenvalue weighted by molar-refractivity contribution is 5.94. The number of rotatable bonds is 13. The van der Waals surface area contributed by atoms with E-state index in [0.29, 0.717) is 24.0 Å². The van der Waals surface area contributed by atoms with Gasteiger partial charge in [0.1, 0.15) is 29.3 Å². The summed E-state index contributed by atoms with van der Waals surface area (Å²) in [6, 6.07) is 12.5. The van der Waals surface area contributed by atoms with Crippen LogP contribution in [-0.2, 0) is 30.3 Å². The summed E-state index contributed by atoms with van der Waals surface area (Å²) >= 11 is 0. The van der Waals surface area contributed by atoms with Gasteiger partial charge in [0.05, 0.1) is 0 Å². The monoisotopic (exact) mass is 647 g/mol. The fraction of sp³-hybridized carbons (Fsp3) is 0.526. The Kier molecular flexibility index (Phi) is 14.1. The molecule has 0 aromatic heterocycles. The molecule has 0 aliphatic heterocycles. The average molecular weight is 648 g/mol. The molecular formula is C38H53N3O6. The van der Waals surface area contributed by atoms with Gasteiger partial charge >= 0.3 is 12.1 Å². The van der Waals surface area contributed by atoms with Gasteiger partial charge in [-0.25, -0.2) is 9.59 Å². The molecule has 3 amide bonds. The summed E-state index contributed by atoms with van der Waals surface area (Å²) < 4.78 is 11.2. The first-order chi connectivity index (χ1) is 21.8. The van der Waals surface area contributed by atoms with E-state index in [2.05, 4.69) is 16.6 Å². The van der Waals surface area contributed by atoms with E-state index in [1.807, 2.05) is 58.0 Å². The third-order valence-corrected chi connectivity index (χ3v) is 7.23. The number of nitrogens with zero attached hydrogens (tertiary/aromatic N) is 1. The largest absolute Gasteiger partial charge is 0.458 e. The minimum atomic E-state index is -1.17. The fourth-order valence-electron chi connectivity index (χ4n) is 4.98. The van der Waals surface area contributed by atoms with Crippen molar-refractivity contribution >= 4 is 23.9 Å². The molecule has 0 aliphatic rings. The second-order valence-corrected chi connectivity index (χ2v) is 14.3. The van der Waals surface area contributed by atoms with Crippen LogP contribution < -0.4 is 10.6 Å². The van der Waals surface area contributed by atoms with Crippen molar-refractivity contribution in [1.29, 1.82) is 0 Å². The van der Waals surface area contributed by atoms with Crippen LogP contribution in [0.2, 0.25) is 0 Å². The van der Waals surface area contributed by atoms with Gasteiger partial charge in [-0.3, -0.25) is 9.59 Å². The van der Waals surface area contributed by atoms with Crippen molar-refractivity contribution in [2.24, 2.45) is 5.92 Å². The van der Waals surface area contributed by atoms with Gasteiger partial charge in [0.25, 0.3) is 0 Å². The molecule has 0 heterocycles. The van der Waals surface area contributed by atoms with Crippen LogP contribution in [-0.4, -0.2) is 58.1 Å². The van der Waals surface area contributed by atoms with Crippen molar-refractivity contribution in [2.75, 3.05) is 0 Å². The molecular weight excluding hydrogens is 594 g/mol. The predicted octanol–water partition coefficient (Wildman–Crippen LogP) is 6.34. The van der Waals surface area contributed by atoms with Gasteiger partial charge in [0.2, 0.25) is 11.8 Å². The lowest BCUT2D eigenvalue weighted by Crippen LogP contribution is -2.57. The molecule has 2 rings (SSSR count). The first-order valence-corrected chi connectivity index (χ1v) is 16.3. The van der Waals surface area contributed by atoms with Crippen LogP contribution >= 0.6 is 0 Å². The number of hydrogen-bond acceptors (Lipinski definition) is 6. The molecule has 256 valence electrons. The molecule has 4 unspecified atom stereocenters. The third-order valence-electron chi connectivity index (χ3n) is 7.23. The third kappa shape index (κ3) is 12.8. The smallest absolute Gasteiger partial charge is 0.408 e. The maximum absolute atomic E-state index is 14.6. The first kappa shape index (κ1) is 38.9. The molecule has 2 N–H and O–H groups in total. The number of benzene rings is 2. The van der Waals surface area contributed by atoms with E-state index in [-0.39, 0.29) is 12.3 Å². The van der Waals surface area contributed by atoms with E-state index in [1.54, 1.807) is 65.8 Å². The standard InChI is InChI=1S/C38H53N3O6/c1-12-26(5)41(34(43)30(23-25(3)4)40-36(45)47-38(9,10)11)32(29-21-19-27(13-2)20-22-29)33(42)39-31(35(44)46-37(6,7)8)24-28-17-15-14-16-18-28/h2,14-22,25-26,30-32H,12,23-24H2,1,3-11H3,(H,39,42)(H,40,45). The molecule has 0 saturated carbocycles. The van der Waals surface area contributed by atoms with Gasteiger partial charge < -0.3 is 25.0 Å². The van der Waals surface area contributed by atoms with Crippen molar-refractivity contribution < 1.29 is 28.7 Å². The lowest BCUT2D eigenvalue weighted by molar-refractivity contribution is -0.159. The number of amides is 3. The number of ether oxygens (including phenoxy) is 2. The summed E-state index contributed by atoms with van der Waals surface area (Å²) in [5.74, 6) is 0.998. The number of carbonyl (C=O) groups excluding carboxylic acids is 4. The van der Waals surface area contributed by atoms with Crippen LogP contribution in [0, 0.1) is 18.3 Å². The highest BCUT2D eigenvalue weighted by Crippen LogP contribution is 2.28. The van der Waals surface area contributed by atoms with Crippen molar-refractivity contribution in [3.63, 3.8) is 0 Å². The molecule has 0 aliphatic carbocycles. The molecule has 0 saturated heterocycles. The molecule has 0 fully saturated rings. The maximum atomic E-state index is 14.6. The Morgan fingerprint density at radius 3 is 1.89 bits per heavy atom. The quantitative estimate of drug-likeness (QED) is 0.194. The fourth-order valence-corrected chi connectivity index (χ4v) is 4.98. The Labute approximate surface area is 281 Å². The second kappa shape index (κ2) is 17.0.